The van der Waals surface area contributed by atoms with Gasteiger partial charge in [0.2, 0.25) is 5.95 Å². The number of pyridine rings is 1. The second kappa shape index (κ2) is 8.16. The highest BCUT2D eigenvalue weighted by atomic mass is 35.5. The molecule has 8 heteroatoms. The summed E-state index contributed by atoms with van der Waals surface area (Å²) in [4.78, 5) is 17.8. The highest BCUT2D eigenvalue weighted by Crippen LogP contribution is 2.20. The molecule has 26 heavy (non-hydrogen) atoms. The molecule has 4 heterocycles. The summed E-state index contributed by atoms with van der Waals surface area (Å²) >= 11 is 6.18. The van der Waals surface area contributed by atoms with Crippen molar-refractivity contribution in [3.05, 3.63) is 41.3 Å². The number of nitrogens with one attached hydrogen (secondary N) is 1. The van der Waals surface area contributed by atoms with Gasteiger partial charge in [-0.25, -0.2) is 9.97 Å². The van der Waals surface area contributed by atoms with E-state index in [0.717, 1.165) is 69.7 Å². The maximum Gasteiger partial charge on any atom is 0.227 e. The third kappa shape index (κ3) is 4.23. The standard InChI is InChI=1S/C18H23ClN6O/c19-17-14(2-1-5-20-17)12-24-7-4-15(13-24)22-16-3-6-21-18(23-16)25-8-10-26-11-9-25/h1-3,5-6,15H,4,7-13H2,(H,21,22,23). The zero-order valence-corrected chi connectivity index (χ0v) is 15.4. The molecule has 0 spiro atoms. The van der Waals surface area contributed by atoms with Gasteiger partial charge in [0, 0.05) is 56.7 Å². The van der Waals surface area contributed by atoms with Crippen LogP contribution in [-0.2, 0) is 11.3 Å². The van der Waals surface area contributed by atoms with Crippen LogP contribution in [0.15, 0.2) is 30.6 Å². The number of hydrogen-bond donors (Lipinski definition) is 1. The van der Waals surface area contributed by atoms with Crippen LogP contribution >= 0.6 is 11.6 Å². The Labute approximate surface area is 158 Å². The summed E-state index contributed by atoms with van der Waals surface area (Å²) in [7, 11) is 0. The molecule has 2 aliphatic rings. The van der Waals surface area contributed by atoms with Crippen LogP contribution in [0.1, 0.15) is 12.0 Å². The molecule has 0 amide bonds. The summed E-state index contributed by atoms with van der Waals surface area (Å²) in [5.74, 6) is 1.66. The van der Waals surface area contributed by atoms with E-state index in [2.05, 4.69) is 30.1 Å². The van der Waals surface area contributed by atoms with E-state index < -0.39 is 0 Å². The first-order chi connectivity index (χ1) is 12.8. The number of ether oxygens (including phenoxy) is 1. The Kier molecular flexibility index (Phi) is 5.48. The van der Waals surface area contributed by atoms with E-state index >= 15 is 0 Å². The Balaban J connectivity index is 1.34. The molecule has 2 aromatic heterocycles. The SMILES string of the molecule is Clc1ncccc1CN1CCC(Nc2ccnc(N3CCOCC3)n2)C1. The molecule has 0 aliphatic carbocycles. The number of halogens is 1. The zero-order valence-electron chi connectivity index (χ0n) is 14.6. The van der Waals surface area contributed by atoms with E-state index in [4.69, 9.17) is 16.3 Å². The van der Waals surface area contributed by atoms with Crippen LogP contribution in [0.4, 0.5) is 11.8 Å². The number of morpholine rings is 1. The quantitative estimate of drug-likeness (QED) is 0.803. The van der Waals surface area contributed by atoms with Crippen molar-refractivity contribution >= 4 is 23.4 Å². The number of nitrogens with zero attached hydrogens (tertiary/aromatic N) is 5. The smallest absolute Gasteiger partial charge is 0.227 e. The third-order valence-electron chi connectivity index (χ3n) is 4.79. The number of rotatable bonds is 5. The molecule has 0 bridgehead atoms. The van der Waals surface area contributed by atoms with E-state index in [9.17, 15) is 0 Å². The lowest BCUT2D eigenvalue weighted by molar-refractivity contribution is 0.122. The fourth-order valence-corrected chi connectivity index (χ4v) is 3.60. The minimum Gasteiger partial charge on any atom is -0.378 e. The van der Waals surface area contributed by atoms with Gasteiger partial charge < -0.3 is 15.0 Å². The van der Waals surface area contributed by atoms with E-state index in [1.807, 2.05) is 24.4 Å². The first-order valence-electron chi connectivity index (χ1n) is 9.02. The van der Waals surface area contributed by atoms with Gasteiger partial charge in [0.05, 0.1) is 13.2 Å². The molecule has 2 saturated heterocycles. The first-order valence-corrected chi connectivity index (χ1v) is 9.40. The lowest BCUT2D eigenvalue weighted by Crippen LogP contribution is -2.37. The van der Waals surface area contributed by atoms with Crippen LogP contribution in [0.2, 0.25) is 5.15 Å². The van der Waals surface area contributed by atoms with E-state index in [-0.39, 0.29) is 0 Å². The Morgan fingerprint density at radius 1 is 1.15 bits per heavy atom. The summed E-state index contributed by atoms with van der Waals surface area (Å²) in [6.45, 7) is 5.96. The van der Waals surface area contributed by atoms with Gasteiger partial charge in [-0.15, -0.1) is 0 Å². The maximum atomic E-state index is 6.18. The molecule has 1 unspecified atom stereocenters. The fraction of sp³-hybridized carbons (Fsp3) is 0.500. The van der Waals surface area contributed by atoms with Gasteiger partial charge in [-0.2, -0.15) is 4.98 Å². The largest absolute Gasteiger partial charge is 0.378 e. The Morgan fingerprint density at radius 2 is 2.04 bits per heavy atom. The van der Waals surface area contributed by atoms with Gasteiger partial charge in [-0.1, -0.05) is 17.7 Å². The van der Waals surface area contributed by atoms with Crippen LogP contribution < -0.4 is 10.2 Å². The summed E-state index contributed by atoms with van der Waals surface area (Å²) in [5, 5.41) is 4.14. The molecular formula is C18H23ClN6O. The molecule has 1 atom stereocenters. The predicted octanol–water partition coefficient (Wildman–Crippen LogP) is 2.05. The first kappa shape index (κ1) is 17.5. The van der Waals surface area contributed by atoms with Gasteiger partial charge in [-0.3, -0.25) is 4.90 Å². The minimum absolute atomic E-state index is 0.373. The average Bonchev–Trinajstić information content (AvgIpc) is 3.11. The Morgan fingerprint density at radius 3 is 2.88 bits per heavy atom. The number of likely N-dealkylation sites (tertiary alicyclic amines) is 1. The average molecular weight is 375 g/mol. The van der Waals surface area contributed by atoms with Crippen LogP contribution in [0.25, 0.3) is 0 Å². The van der Waals surface area contributed by atoms with Gasteiger partial charge in [0.25, 0.3) is 0 Å². The van der Waals surface area contributed by atoms with Crippen LogP contribution in [0.5, 0.6) is 0 Å². The third-order valence-corrected chi connectivity index (χ3v) is 5.13. The van der Waals surface area contributed by atoms with Crippen LogP contribution in [0.3, 0.4) is 0 Å². The van der Waals surface area contributed by atoms with Gasteiger partial charge in [0.1, 0.15) is 11.0 Å². The van der Waals surface area contributed by atoms with Crippen molar-refractivity contribution in [2.75, 3.05) is 49.6 Å². The topological polar surface area (TPSA) is 66.4 Å². The van der Waals surface area contributed by atoms with E-state index in [1.165, 1.54) is 0 Å². The predicted molar refractivity (Wildman–Crippen MR) is 102 cm³/mol. The van der Waals surface area contributed by atoms with Gasteiger partial charge in [0.15, 0.2) is 0 Å². The summed E-state index contributed by atoms with van der Waals surface area (Å²) in [6.07, 6.45) is 4.62. The summed E-state index contributed by atoms with van der Waals surface area (Å²) < 4.78 is 5.40. The Hall–Kier alpha value is -1.96. The fourth-order valence-electron chi connectivity index (χ4n) is 3.43. The van der Waals surface area contributed by atoms with E-state index in [1.54, 1.807) is 6.20 Å². The molecule has 0 saturated carbocycles. The van der Waals surface area contributed by atoms with Gasteiger partial charge >= 0.3 is 0 Å². The number of hydrogen-bond acceptors (Lipinski definition) is 7. The summed E-state index contributed by atoms with van der Waals surface area (Å²) in [5.41, 5.74) is 1.08. The van der Waals surface area contributed by atoms with Crippen molar-refractivity contribution in [1.82, 2.24) is 19.9 Å². The minimum atomic E-state index is 0.373. The molecule has 2 fully saturated rings. The molecule has 2 aliphatic heterocycles. The lowest BCUT2D eigenvalue weighted by Gasteiger charge is -2.27. The highest BCUT2D eigenvalue weighted by Gasteiger charge is 2.23. The number of anilines is 2. The van der Waals surface area contributed by atoms with Crippen molar-refractivity contribution in [1.29, 1.82) is 0 Å². The monoisotopic (exact) mass is 374 g/mol. The van der Waals surface area contributed by atoms with E-state index in [0.29, 0.717) is 11.2 Å². The normalized spacial score (nSPS) is 21.1. The number of aromatic nitrogens is 3. The second-order valence-corrected chi connectivity index (χ2v) is 7.02. The maximum absolute atomic E-state index is 6.18. The molecule has 138 valence electrons. The molecule has 4 rings (SSSR count). The van der Waals surface area contributed by atoms with Crippen molar-refractivity contribution in [3.8, 4) is 0 Å². The molecule has 1 N–H and O–H groups in total. The molecule has 0 radical (unpaired) electrons. The van der Waals surface area contributed by atoms with Crippen LogP contribution in [0, 0.1) is 0 Å². The Bertz CT molecular complexity index is 739. The highest BCUT2D eigenvalue weighted by molar-refractivity contribution is 6.30. The molecular weight excluding hydrogens is 352 g/mol. The van der Waals surface area contributed by atoms with Crippen LogP contribution in [-0.4, -0.2) is 65.3 Å². The van der Waals surface area contributed by atoms with Crippen molar-refractivity contribution in [3.63, 3.8) is 0 Å². The molecule has 2 aromatic rings. The van der Waals surface area contributed by atoms with Gasteiger partial charge in [-0.05, 0) is 18.6 Å². The van der Waals surface area contributed by atoms with Crippen molar-refractivity contribution in [2.24, 2.45) is 0 Å². The van der Waals surface area contributed by atoms with Crippen molar-refractivity contribution < 1.29 is 4.74 Å². The second-order valence-electron chi connectivity index (χ2n) is 6.66. The summed E-state index contributed by atoms with van der Waals surface area (Å²) in [6, 6.07) is 6.28. The molecule has 0 aromatic carbocycles. The molecule has 7 nitrogen and oxygen atoms in total. The zero-order chi connectivity index (χ0) is 17.8. The van der Waals surface area contributed by atoms with Crippen molar-refractivity contribution in [2.45, 2.75) is 19.0 Å². The lowest BCUT2D eigenvalue weighted by atomic mass is 10.2.